The Morgan fingerprint density at radius 2 is 1.71 bits per heavy atom. The van der Waals surface area contributed by atoms with Crippen LogP contribution in [0.1, 0.15) is 42.4 Å². The maximum absolute atomic E-state index is 11.5. The molecule has 118 valence electrons. The van der Waals surface area contributed by atoms with Crippen LogP contribution >= 0.6 is 0 Å². The molecule has 1 aromatic carbocycles. The molecule has 0 aliphatic rings. The first kappa shape index (κ1) is 17.5. The molecule has 0 heterocycles. The van der Waals surface area contributed by atoms with E-state index in [1.807, 2.05) is 13.8 Å². The molecule has 1 N–H and O–H groups in total. The lowest BCUT2D eigenvalue weighted by Gasteiger charge is -2.13. The molecule has 4 nitrogen and oxygen atoms in total. The Kier molecular flexibility index (Phi) is 7.83. The maximum atomic E-state index is 11.5. The Morgan fingerprint density at radius 1 is 1.05 bits per heavy atom. The van der Waals surface area contributed by atoms with Gasteiger partial charge in [-0.15, -0.1) is 0 Å². The van der Waals surface area contributed by atoms with Crippen molar-refractivity contribution in [1.29, 1.82) is 0 Å². The topological polar surface area (TPSA) is 55.8 Å². The molecule has 1 rings (SSSR count). The van der Waals surface area contributed by atoms with Crippen LogP contribution in [0.2, 0.25) is 0 Å². The molecule has 0 fully saturated rings. The van der Waals surface area contributed by atoms with Gasteiger partial charge >= 0.3 is 5.97 Å². The summed E-state index contributed by atoms with van der Waals surface area (Å²) < 4.78 is 10.8. The summed E-state index contributed by atoms with van der Waals surface area (Å²) in [5, 5.41) is 8.64. The number of carbonyl (C=O) groups is 1. The first-order valence-corrected chi connectivity index (χ1v) is 7.51. The van der Waals surface area contributed by atoms with Crippen LogP contribution in [0.25, 0.3) is 0 Å². The Hall–Kier alpha value is -1.55. The predicted molar refractivity (Wildman–Crippen MR) is 82.7 cm³/mol. The summed E-state index contributed by atoms with van der Waals surface area (Å²) >= 11 is 0. The monoisotopic (exact) mass is 294 g/mol. The van der Waals surface area contributed by atoms with Crippen LogP contribution in [-0.2, 0) is 9.53 Å². The number of rotatable bonds is 9. The smallest absolute Gasteiger partial charge is 0.305 e. The van der Waals surface area contributed by atoms with Crippen molar-refractivity contribution in [3.63, 3.8) is 0 Å². The highest BCUT2D eigenvalue weighted by atomic mass is 16.6. The van der Waals surface area contributed by atoms with Crippen LogP contribution in [0.3, 0.4) is 0 Å². The average Bonchev–Trinajstić information content (AvgIpc) is 2.41. The molecule has 21 heavy (non-hydrogen) atoms. The summed E-state index contributed by atoms with van der Waals surface area (Å²) in [5.74, 6) is 0.675. The first-order chi connectivity index (χ1) is 10.0. The van der Waals surface area contributed by atoms with Gasteiger partial charge in [0.1, 0.15) is 19.0 Å². The minimum Gasteiger partial charge on any atom is -0.489 e. The van der Waals surface area contributed by atoms with E-state index in [4.69, 9.17) is 14.6 Å². The molecule has 0 spiro atoms. The van der Waals surface area contributed by atoms with E-state index in [2.05, 4.69) is 19.1 Å². The Labute approximate surface area is 127 Å². The third-order valence-corrected chi connectivity index (χ3v) is 3.24. The molecular formula is C17H26O4. The second-order valence-electron chi connectivity index (χ2n) is 5.33. The summed E-state index contributed by atoms with van der Waals surface area (Å²) in [4.78, 5) is 11.5. The van der Waals surface area contributed by atoms with E-state index < -0.39 is 0 Å². The van der Waals surface area contributed by atoms with Crippen LogP contribution in [0, 0.1) is 20.8 Å². The quantitative estimate of drug-likeness (QED) is 0.561. The van der Waals surface area contributed by atoms with E-state index in [-0.39, 0.29) is 19.2 Å². The Morgan fingerprint density at radius 3 is 2.33 bits per heavy atom. The minimum atomic E-state index is -0.200. The predicted octanol–water partition coefficient (Wildman–Crippen LogP) is 3.09. The van der Waals surface area contributed by atoms with Gasteiger partial charge in [-0.2, -0.15) is 0 Å². The number of aliphatic hydroxyl groups excluding tert-OH is 1. The lowest BCUT2D eigenvalue weighted by Crippen LogP contribution is -2.13. The highest BCUT2D eigenvalue weighted by Gasteiger charge is 2.06. The number of aliphatic hydroxyl groups is 1. The number of aryl methyl sites for hydroxylation is 3. The number of esters is 1. The number of hydrogen-bond acceptors (Lipinski definition) is 4. The molecule has 0 bridgehead atoms. The van der Waals surface area contributed by atoms with E-state index >= 15 is 0 Å². The van der Waals surface area contributed by atoms with Gasteiger partial charge in [0.05, 0.1) is 0 Å². The normalized spacial score (nSPS) is 10.5. The van der Waals surface area contributed by atoms with Crippen LogP contribution in [0.5, 0.6) is 5.75 Å². The molecule has 0 aliphatic heterocycles. The fourth-order valence-corrected chi connectivity index (χ4v) is 2.32. The highest BCUT2D eigenvalue weighted by Crippen LogP contribution is 2.24. The molecule has 1 aromatic rings. The molecule has 0 amide bonds. The van der Waals surface area contributed by atoms with Crippen LogP contribution in [-0.4, -0.2) is 30.9 Å². The van der Waals surface area contributed by atoms with Gasteiger partial charge in [-0.05, 0) is 44.7 Å². The lowest BCUT2D eigenvalue weighted by molar-refractivity contribution is -0.144. The van der Waals surface area contributed by atoms with Crippen LogP contribution in [0.4, 0.5) is 0 Å². The van der Waals surface area contributed by atoms with Gasteiger partial charge < -0.3 is 14.6 Å². The molecule has 0 aromatic heterocycles. The van der Waals surface area contributed by atoms with Crippen LogP contribution in [0.15, 0.2) is 12.1 Å². The Bertz CT molecular complexity index is 431. The number of hydrogen-bond donors (Lipinski definition) is 1. The molecule has 0 unspecified atom stereocenters. The van der Waals surface area contributed by atoms with Crippen molar-refractivity contribution in [2.45, 2.75) is 46.5 Å². The molecule has 0 saturated carbocycles. The van der Waals surface area contributed by atoms with E-state index in [9.17, 15) is 4.79 Å². The molecule has 0 radical (unpaired) electrons. The standard InChI is InChI=1S/C17H26O4/c1-13-11-14(2)17(15(3)12-13)21-10-9-20-16(19)7-5-4-6-8-18/h11-12,18H,4-10H2,1-3H3. The fraction of sp³-hybridized carbons (Fsp3) is 0.588. The van der Waals surface area contributed by atoms with E-state index in [1.54, 1.807) is 0 Å². The second kappa shape index (κ2) is 9.40. The van der Waals surface area contributed by atoms with Crippen molar-refractivity contribution >= 4 is 5.97 Å². The maximum Gasteiger partial charge on any atom is 0.305 e. The van der Waals surface area contributed by atoms with Gasteiger partial charge in [-0.1, -0.05) is 24.1 Å². The summed E-state index contributed by atoms with van der Waals surface area (Å²) in [6, 6.07) is 4.16. The number of benzene rings is 1. The third-order valence-electron chi connectivity index (χ3n) is 3.24. The number of unbranched alkanes of at least 4 members (excludes halogenated alkanes) is 2. The first-order valence-electron chi connectivity index (χ1n) is 7.51. The molecule has 4 heteroatoms. The van der Waals surface area contributed by atoms with Crippen molar-refractivity contribution in [1.82, 2.24) is 0 Å². The molecular weight excluding hydrogens is 268 g/mol. The largest absolute Gasteiger partial charge is 0.489 e. The van der Waals surface area contributed by atoms with Gasteiger partial charge in [0, 0.05) is 13.0 Å². The SMILES string of the molecule is Cc1cc(C)c(OCCOC(=O)CCCCCO)c(C)c1. The van der Waals surface area contributed by atoms with Crippen molar-refractivity contribution in [3.05, 3.63) is 28.8 Å². The zero-order chi connectivity index (χ0) is 15.7. The van der Waals surface area contributed by atoms with Gasteiger partial charge in [-0.3, -0.25) is 4.79 Å². The summed E-state index contributed by atoms with van der Waals surface area (Å²) in [6.07, 6.45) is 2.76. The zero-order valence-electron chi connectivity index (χ0n) is 13.3. The number of ether oxygens (including phenoxy) is 2. The van der Waals surface area contributed by atoms with Crippen molar-refractivity contribution < 1.29 is 19.4 Å². The molecule has 0 aliphatic carbocycles. The lowest BCUT2D eigenvalue weighted by atomic mass is 10.1. The summed E-state index contributed by atoms with van der Waals surface area (Å²) in [7, 11) is 0. The van der Waals surface area contributed by atoms with Gasteiger partial charge in [-0.25, -0.2) is 0 Å². The highest BCUT2D eigenvalue weighted by molar-refractivity contribution is 5.69. The summed E-state index contributed by atoms with van der Waals surface area (Å²) in [6.45, 7) is 6.91. The zero-order valence-corrected chi connectivity index (χ0v) is 13.3. The van der Waals surface area contributed by atoms with Gasteiger partial charge in [0.25, 0.3) is 0 Å². The Balaban J connectivity index is 2.24. The van der Waals surface area contributed by atoms with E-state index in [0.717, 1.165) is 36.1 Å². The number of carbonyl (C=O) groups excluding carboxylic acids is 1. The van der Waals surface area contributed by atoms with Gasteiger partial charge in [0.15, 0.2) is 0 Å². The van der Waals surface area contributed by atoms with Gasteiger partial charge in [0.2, 0.25) is 0 Å². The average molecular weight is 294 g/mol. The van der Waals surface area contributed by atoms with Crippen molar-refractivity contribution in [3.8, 4) is 5.75 Å². The molecule has 0 saturated heterocycles. The third kappa shape index (κ3) is 6.63. The van der Waals surface area contributed by atoms with Crippen molar-refractivity contribution in [2.75, 3.05) is 19.8 Å². The van der Waals surface area contributed by atoms with Crippen LogP contribution < -0.4 is 4.74 Å². The second-order valence-corrected chi connectivity index (χ2v) is 5.33. The van der Waals surface area contributed by atoms with E-state index in [0.29, 0.717) is 13.0 Å². The van der Waals surface area contributed by atoms with E-state index in [1.165, 1.54) is 5.56 Å². The minimum absolute atomic E-state index is 0.179. The molecule has 0 atom stereocenters. The fourth-order valence-electron chi connectivity index (χ4n) is 2.32. The van der Waals surface area contributed by atoms with Crippen molar-refractivity contribution in [2.24, 2.45) is 0 Å². The summed E-state index contributed by atoms with van der Waals surface area (Å²) in [5.41, 5.74) is 3.41.